The number of fused-ring (bicyclic) bond motifs is 1. The fourth-order valence-electron chi connectivity index (χ4n) is 1.84. The van der Waals surface area contributed by atoms with Gasteiger partial charge in [-0.3, -0.25) is 0 Å². The quantitative estimate of drug-likeness (QED) is 0.753. The average molecular weight is 290 g/mol. The van der Waals surface area contributed by atoms with Crippen LogP contribution >= 0.6 is 0 Å². The molecule has 0 spiro atoms. The minimum Gasteiger partial charge on any atom is -0.430 e. The van der Waals surface area contributed by atoms with Gasteiger partial charge in [-0.25, -0.2) is 13.6 Å². The Morgan fingerprint density at radius 3 is 2.85 bits per heavy atom. The molecule has 4 nitrogen and oxygen atoms in total. The van der Waals surface area contributed by atoms with Crippen LogP contribution in [0.4, 0.5) is 10.1 Å². The third-order valence-corrected chi connectivity index (χ3v) is 3.97. The number of hydrogen-bond acceptors (Lipinski definition) is 4. The number of nitrogen functional groups attached to an aromatic ring is 1. The van der Waals surface area contributed by atoms with E-state index in [1.165, 1.54) is 6.07 Å². The monoisotopic (exact) mass is 290 g/mol. The van der Waals surface area contributed by atoms with Crippen molar-refractivity contribution in [1.29, 1.82) is 0 Å². The molecule has 3 aromatic rings. The lowest BCUT2D eigenvalue weighted by atomic mass is 10.2. The first-order chi connectivity index (χ1) is 9.63. The van der Waals surface area contributed by atoms with Gasteiger partial charge in [0.05, 0.1) is 5.75 Å². The van der Waals surface area contributed by atoms with E-state index in [1.807, 2.05) is 0 Å². The Labute approximate surface area is 116 Å². The maximum atomic E-state index is 13.5. The molecule has 102 valence electrons. The van der Waals surface area contributed by atoms with Crippen LogP contribution in [0, 0.1) is 5.82 Å². The molecular weight excluding hydrogens is 279 g/mol. The van der Waals surface area contributed by atoms with Crippen molar-refractivity contribution in [3.05, 3.63) is 53.8 Å². The summed E-state index contributed by atoms with van der Waals surface area (Å²) >= 11 is 0. The van der Waals surface area contributed by atoms with Crippen molar-refractivity contribution in [2.45, 2.75) is 11.0 Å². The molecule has 2 aromatic carbocycles. The molecular formula is C14H11FN2O2S. The molecule has 0 aliphatic heterocycles. The Kier molecular flexibility index (Phi) is 3.23. The minimum absolute atomic E-state index is 0.0228. The highest BCUT2D eigenvalue weighted by atomic mass is 32.2. The second-order valence-corrected chi connectivity index (χ2v) is 5.62. The summed E-state index contributed by atoms with van der Waals surface area (Å²) in [7, 11) is -1.54. The highest BCUT2D eigenvalue weighted by molar-refractivity contribution is 7.84. The number of aromatic nitrogens is 1. The van der Waals surface area contributed by atoms with Crippen LogP contribution in [-0.4, -0.2) is 9.19 Å². The van der Waals surface area contributed by atoms with Crippen molar-refractivity contribution in [3.63, 3.8) is 0 Å². The van der Waals surface area contributed by atoms with Crippen molar-refractivity contribution >= 4 is 27.6 Å². The first kappa shape index (κ1) is 12.8. The van der Waals surface area contributed by atoms with Gasteiger partial charge in [0.1, 0.15) is 22.1 Å². The van der Waals surface area contributed by atoms with Crippen LogP contribution in [0.3, 0.4) is 0 Å². The first-order valence-corrected chi connectivity index (χ1v) is 7.23. The summed E-state index contributed by atoms with van der Waals surface area (Å²) in [6.45, 7) is 0. The molecule has 0 amide bonds. The van der Waals surface area contributed by atoms with Crippen LogP contribution in [0.25, 0.3) is 11.1 Å². The van der Waals surface area contributed by atoms with E-state index in [-0.39, 0.29) is 16.8 Å². The van der Waals surface area contributed by atoms with Crippen LogP contribution < -0.4 is 5.73 Å². The van der Waals surface area contributed by atoms with Crippen molar-refractivity contribution in [2.24, 2.45) is 0 Å². The van der Waals surface area contributed by atoms with Crippen molar-refractivity contribution in [1.82, 2.24) is 4.98 Å². The highest BCUT2D eigenvalue weighted by Gasteiger charge is 2.15. The molecule has 0 aliphatic rings. The first-order valence-electron chi connectivity index (χ1n) is 5.91. The van der Waals surface area contributed by atoms with E-state index in [0.717, 1.165) is 0 Å². The average Bonchev–Trinajstić information content (AvgIpc) is 2.84. The van der Waals surface area contributed by atoms with Gasteiger partial charge in [0, 0.05) is 11.3 Å². The zero-order chi connectivity index (χ0) is 14.1. The summed E-state index contributed by atoms with van der Waals surface area (Å²) in [5.41, 5.74) is 7.62. The molecule has 2 N–H and O–H groups in total. The van der Waals surface area contributed by atoms with Crippen molar-refractivity contribution in [2.75, 3.05) is 5.73 Å². The van der Waals surface area contributed by atoms with E-state index in [4.69, 9.17) is 10.2 Å². The standard InChI is InChI=1S/C14H11FN2O2S/c15-11-4-2-1-3-9(11)8-20(18)14-17-12-7-10(16)5-6-13(12)19-14/h1-7H,8,16H2. The minimum atomic E-state index is -1.54. The molecule has 1 atom stereocenters. The summed E-state index contributed by atoms with van der Waals surface area (Å²) in [5.74, 6) is -0.365. The number of halogens is 1. The third kappa shape index (κ3) is 2.42. The molecule has 1 unspecified atom stereocenters. The molecule has 3 rings (SSSR count). The van der Waals surface area contributed by atoms with E-state index in [1.54, 1.807) is 36.4 Å². The lowest BCUT2D eigenvalue weighted by Crippen LogP contribution is -1.99. The van der Waals surface area contributed by atoms with Gasteiger partial charge in [0.25, 0.3) is 5.22 Å². The Morgan fingerprint density at radius 2 is 2.05 bits per heavy atom. The fraction of sp³-hybridized carbons (Fsp3) is 0.0714. The van der Waals surface area contributed by atoms with Gasteiger partial charge in [-0.15, -0.1) is 0 Å². The van der Waals surface area contributed by atoms with E-state index in [9.17, 15) is 8.60 Å². The fourth-order valence-corrected chi connectivity index (χ4v) is 2.86. The Balaban J connectivity index is 1.91. The predicted octanol–water partition coefficient (Wildman–Crippen LogP) is 2.86. The van der Waals surface area contributed by atoms with Gasteiger partial charge in [0.15, 0.2) is 5.58 Å². The summed E-state index contributed by atoms with van der Waals surface area (Å²) in [6.07, 6.45) is 0. The molecule has 0 fully saturated rings. The number of hydrogen-bond donors (Lipinski definition) is 1. The molecule has 0 radical (unpaired) electrons. The van der Waals surface area contributed by atoms with E-state index < -0.39 is 10.8 Å². The summed E-state index contributed by atoms with van der Waals surface area (Å²) in [4.78, 5) is 4.13. The van der Waals surface area contributed by atoms with Crippen molar-refractivity contribution < 1.29 is 13.0 Å². The van der Waals surface area contributed by atoms with E-state index >= 15 is 0 Å². The summed E-state index contributed by atoms with van der Waals surface area (Å²) in [6, 6.07) is 11.2. The Bertz CT molecular complexity index is 801. The predicted molar refractivity (Wildman–Crippen MR) is 74.9 cm³/mol. The van der Waals surface area contributed by atoms with Crippen LogP contribution in [0.15, 0.2) is 52.1 Å². The normalized spacial score (nSPS) is 12.7. The third-order valence-electron chi connectivity index (χ3n) is 2.83. The zero-order valence-electron chi connectivity index (χ0n) is 10.4. The van der Waals surface area contributed by atoms with Gasteiger partial charge >= 0.3 is 0 Å². The molecule has 1 heterocycles. The molecule has 0 saturated heterocycles. The number of nitrogens with two attached hydrogens (primary N) is 1. The number of oxazole rings is 1. The zero-order valence-corrected chi connectivity index (χ0v) is 11.2. The van der Waals surface area contributed by atoms with Gasteiger partial charge in [-0.2, -0.15) is 0 Å². The number of anilines is 1. The van der Waals surface area contributed by atoms with Crippen LogP contribution in [-0.2, 0) is 16.6 Å². The second kappa shape index (κ2) is 5.05. The molecule has 0 aliphatic carbocycles. The molecule has 1 aromatic heterocycles. The van der Waals surface area contributed by atoms with Crippen LogP contribution in [0.1, 0.15) is 5.56 Å². The number of rotatable bonds is 3. The number of benzene rings is 2. The SMILES string of the molecule is Nc1ccc2oc(S(=O)Cc3ccccc3F)nc2c1. The molecule has 20 heavy (non-hydrogen) atoms. The van der Waals surface area contributed by atoms with E-state index in [2.05, 4.69) is 4.98 Å². The van der Waals surface area contributed by atoms with Gasteiger partial charge < -0.3 is 10.2 Å². The Hall–Kier alpha value is -2.21. The van der Waals surface area contributed by atoms with Gasteiger partial charge in [0.2, 0.25) is 0 Å². The van der Waals surface area contributed by atoms with Crippen molar-refractivity contribution in [3.8, 4) is 0 Å². The van der Waals surface area contributed by atoms with Crippen LogP contribution in [0.5, 0.6) is 0 Å². The smallest absolute Gasteiger partial charge is 0.288 e. The largest absolute Gasteiger partial charge is 0.430 e. The van der Waals surface area contributed by atoms with E-state index in [0.29, 0.717) is 22.4 Å². The summed E-state index contributed by atoms with van der Waals surface area (Å²) in [5, 5.41) is 0.0776. The maximum absolute atomic E-state index is 13.5. The maximum Gasteiger partial charge on any atom is 0.288 e. The Morgan fingerprint density at radius 1 is 1.25 bits per heavy atom. The lowest BCUT2D eigenvalue weighted by molar-refractivity contribution is 0.477. The highest BCUT2D eigenvalue weighted by Crippen LogP contribution is 2.22. The second-order valence-electron chi connectivity index (χ2n) is 4.29. The number of nitrogens with zero attached hydrogens (tertiary/aromatic N) is 1. The molecule has 0 saturated carbocycles. The molecule has 6 heteroatoms. The lowest BCUT2D eigenvalue weighted by Gasteiger charge is -1.99. The topological polar surface area (TPSA) is 69.1 Å². The van der Waals surface area contributed by atoms with Crippen LogP contribution in [0.2, 0.25) is 0 Å². The van der Waals surface area contributed by atoms with Gasteiger partial charge in [-0.1, -0.05) is 18.2 Å². The molecule has 0 bridgehead atoms. The summed E-state index contributed by atoms with van der Waals surface area (Å²) < 4.78 is 31.1. The van der Waals surface area contributed by atoms with Gasteiger partial charge in [-0.05, 0) is 24.3 Å².